The van der Waals surface area contributed by atoms with Crippen LogP contribution in [-0.2, 0) is 26.0 Å². The molecule has 2 aromatic carbocycles. The topological polar surface area (TPSA) is 114 Å². The van der Waals surface area contributed by atoms with Crippen LogP contribution in [0.15, 0.2) is 66.1 Å². The molecule has 0 unspecified atom stereocenters. The maximum absolute atomic E-state index is 13.1. The molecule has 2 amide bonds. The fourth-order valence-corrected chi connectivity index (χ4v) is 4.14. The molecule has 0 heterocycles. The second-order valence-electron chi connectivity index (χ2n) is 6.44. The van der Waals surface area contributed by atoms with Crippen LogP contribution in [0.3, 0.4) is 0 Å². The summed E-state index contributed by atoms with van der Waals surface area (Å²) < 4.78 is 33.9. The molecule has 2 aromatic rings. The third-order valence-corrected chi connectivity index (χ3v) is 5.58. The number of carbonyl (C=O) groups is 2. The van der Waals surface area contributed by atoms with Gasteiger partial charge in [-0.2, -0.15) is 4.72 Å². The van der Waals surface area contributed by atoms with Crippen LogP contribution >= 0.6 is 0 Å². The van der Waals surface area contributed by atoms with Crippen molar-refractivity contribution in [1.82, 2.24) is 10.0 Å². The standard InChI is InChI=1S/C21H25N3O5S/c1-4-12-22-21(26)18(13-16-8-6-5-7-9-16)24-30(27,28)20-14-17(23-15(2)25)10-11-19(20)29-3/h4-11,14,18,24H,1,12-13H2,2-3H3,(H,22,26)(H,23,25)/t18-/m0/s1. The number of hydrogen-bond donors (Lipinski definition) is 3. The largest absolute Gasteiger partial charge is 0.495 e. The van der Waals surface area contributed by atoms with E-state index in [1.807, 2.05) is 18.2 Å². The minimum Gasteiger partial charge on any atom is -0.495 e. The zero-order valence-electron chi connectivity index (χ0n) is 16.8. The Morgan fingerprint density at radius 3 is 2.47 bits per heavy atom. The summed E-state index contributed by atoms with van der Waals surface area (Å²) in [6.07, 6.45) is 1.66. The third-order valence-electron chi connectivity index (χ3n) is 4.09. The van der Waals surface area contributed by atoms with Gasteiger partial charge in [-0.3, -0.25) is 9.59 Å². The number of methoxy groups -OCH3 is 1. The average Bonchev–Trinajstić information content (AvgIpc) is 2.71. The van der Waals surface area contributed by atoms with Crippen LogP contribution in [0, 0.1) is 0 Å². The number of nitrogens with one attached hydrogen (secondary N) is 3. The first-order valence-electron chi connectivity index (χ1n) is 9.17. The number of ether oxygens (including phenoxy) is 1. The van der Waals surface area contributed by atoms with Crippen LogP contribution in [0.2, 0.25) is 0 Å². The SMILES string of the molecule is C=CCNC(=O)[C@H](Cc1ccccc1)NS(=O)(=O)c1cc(NC(C)=O)ccc1OC. The van der Waals surface area contributed by atoms with E-state index in [9.17, 15) is 18.0 Å². The third kappa shape index (κ3) is 6.43. The summed E-state index contributed by atoms with van der Waals surface area (Å²) in [6, 6.07) is 12.2. The Morgan fingerprint density at radius 1 is 1.17 bits per heavy atom. The number of sulfonamides is 1. The fraction of sp³-hybridized carbons (Fsp3) is 0.238. The highest BCUT2D eigenvalue weighted by atomic mass is 32.2. The number of amides is 2. The van der Waals surface area contributed by atoms with Gasteiger partial charge in [0.05, 0.1) is 7.11 Å². The van der Waals surface area contributed by atoms with E-state index in [0.717, 1.165) is 5.56 Å². The van der Waals surface area contributed by atoms with Crippen LogP contribution in [0.1, 0.15) is 12.5 Å². The molecule has 8 nitrogen and oxygen atoms in total. The van der Waals surface area contributed by atoms with E-state index in [4.69, 9.17) is 4.74 Å². The van der Waals surface area contributed by atoms with E-state index in [1.165, 1.54) is 38.3 Å². The molecule has 30 heavy (non-hydrogen) atoms. The zero-order valence-corrected chi connectivity index (χ0v) is 17.7. The number of anilines is 1. The highest BCUT2D eigenvalue weighted by Gasteiger charge is 2.28. The van der Waals surface area contributed by atoms with Crippen molar-refractivity contribution in [3.8, 4) is 5.75 Å². The second kappa shape index (κ2) is 10.6. The molecular formula is C21H25N3O5S. The van der Waals surface area contributed by atoms with E-state index in [0.29, 0.717) is 5.69 Å². The summed E-state index contributed by atoms with van der Waals surface area (Å²) in [4.78, 5) is 23.8. The van der Waals surface area contributed by atoms with Crippen molar-refractivity contribution < 1.29 is 22.7 Å². The Labute approximate surface area is 176 Å². The van der Waals surface area contributed by atoms with Crippen LogP contribution < -0.4 is 20.1 Å². The molecule has 0 aliphatic rings. The monoisotopic (exact) mass is 431 g/mol. The van der Waals surface area contributed by atoms with Crippen molar-refractivity contribution in [1.29, 1.82) is 0 Å². The van der Waals surface area contributed by atoms with E-state index in [-0.39, 0.29) is 29.5 Å². The summed E-state index contributed by atoms with van der Waals surface area (Å²) in [6.45, 7) is 5.07. The maximum atomic E-state index is 13.1. The summed E-state index contributed by atoms with van der Waals surface area (Å²) in [5, 5.41) is 5.16. The lowest BCUT2D eigenvalue weighted by Gasteiger charge is -2.20. The predicted molar refractivity (Wildman–Crippen MR) is 115 cm³/mol. The van der Waals surface area contributed by atoms with Gasteiger partial charge in [-0.15, -0.1) is 6.58 Å². The normalized spacial score (nSPS) is 11.9. The summed E-state index contributed by atoms with van der Waals surface area (Å²) in [5.41, 5.74) is 1.08. The highest BCUT2D eigenvalue weighted by Crippen LogP contribution is 2.27. The Kier molecular flexibility index (Phi) is 8.14. The Bertz CT molecular complexity index is 1010. The minimum absolute atomic E-state index is 0.0848. The molecule has 2 rings (SSSR count). The second-order valence-corrected chi connectivity index (χ2v) is 8.13. The van der Waals surface area contributed by atoms with Crippen molar-refractivity contribution >= 4 is 27.5 Å². The van der Waals surface area contributed by atoms with E-state index < -0.39 is 22.0 Å². The Hall–Kier alpha value is -3.17. The number of hydrogen-bond acceptors (Lipinski definition) is 5. The van der Waals surface area contributed by atoms with Gasteiger partial charge in [0, 0.05) is 19.2 Å². The molecule has 160 valence electrons. The first-order valence-corrected chi connectivity index (χ1v) is 10.7. The summed E-state index contributed by atoms with van der Waals surface area (Å²) in [5.74, 6) is -0.747. The highest BCUT2D eigenvalue weighted by molar-refractivity contribution is 7.89. The maximum Gasteiger partial charge on any atom is 0.245 e. The van der Waals surface area contributed by atoms with Crippen molar-refractivity contribution in [2.24, 2.45) is 0 Å². The quantitative estimate of drug-likeness (QED) is 0.497. The molecule has 3 N–H and O–H groups in total. The first kappa shape index (κ1) is 23.1. The van der Waals surface area contributed by atoms with Crippen molar-refractivity contribution in [2.45, 2.75) is 24.3 Å². The smallest absolute Gasteiger partial charge is 0.245 e. The van der Waals surface area contributed by atoms with Crippen molar-refractivity contribution in [3.05, 3.63) is 66.7 Å². The molecule has 0 aliphatic heterocycles. The summed E-state index contributed by atoms with van der Waals surface area (Å²) in [7, 11) is -2.83. The predicted octanol–water partition coefficient (Wildman–Crippen LogP) is 1.85. The zero-order chi connectivity index (χ0) is 22.1. The van der Waals surface area contributed by atoms with Crippen LogP contribution in [0.4, 0.5) is 5.69 Å². The molecule has 0 fully saturated rings. The van der Waals surface area contributed by atoms with Crippen LogP contribution in [-0.4, -0.2) is 39.9 Å². The lowest BCUT2D eigenvalue weighted by Crippen LogP contribution is -2.48. The average molecular weight is 432 g/mol. The van der Waals surface area contributed by atoms with E-state index in [1.54, 1.807) is 12.1 Å². The van der Waals surface area contributed by atoms with Crippen molar-refractivity contribution in [3.63, 3.8) is 0 Å². The minimum atomic E-state index is -4.16. The van der Waals surface area contributed by atoms with Crippen LogP contribution in [0.5, 0.6) is 5.75 Å². The molecule has 0 spiro atoms. The Balaban J connectivity index is 2.38. The van der Waals surface area contributed by atoms with Gasteiger partial charge < -0.3 is 15.4 Å². The van der Waals surface area contributed by atoms with Gasteiger partial charge in [0.15, 0.2) is 0 Å². The number of rotatable bonds is 10. The van der Waals surface area contributed by atoms with Gasteiger partial charge in [-0.25, -0.2) is 8.42 Å². The molecule has 0 aromatic heterocycles. The molecule has 0 saturated carbocycles. The molecule has 9 heteroatoms. The molecular weight excluding hydrogens is 406 g/mol. The number of carbonyl (C=O) groups excluding carboxylic acids is 2. The van der Waals surface area contributed by atoms with Crippen LogP contribution in [0.25, 0.3) is 0 Å². The fourth-order valence-electron chi connectivity index (χ4n) is 2.75. The van der Waals surface area contributed by atoms with Gasteiger partial charge in [0.1, 0.15) is 16.7 Å². The lowest BCUT2D eigenvalue weighted by atomic mass is 10.1. The van der Waals surface area contributed by atoms with E-state index >= 15 is 0 Å². The van der Waals surface area contributed by atoms with Gasteiger partial charge in [-0.1, -0.05) is 36.4 Å². The Morgan fingerprint density at radius 2 is 1.87 bits per heavy atom. The van der Waals surface area contributed by atoms with Gasteiger partial charge in [0.25, 0.3) is 0 Å². The molecule has 0 bridgehead atoms. The van der Waals surface area contributed by atoms with E-state index in [2.05, 4.69) is 21.9 Å². The summed E-state index contributed by atoms with van der Waals surface area (Å²) >= 11 is 0. The first-order chi connectivity index (χ1) is 14.3. The lowest BCUT2D eigenvalue weighted by molar-refractivity contribution is -0.122. The van der Waals surface area contributed by atoms with Gasteiger partial charge >= 0.3 is 0 Å². The number of benzene rings is 2. The van der Waals surface area contributed by atoms with Gasteiger partial charge in [-0.05, 0) is 30.2 Å². The molecule has 1 atom stereocenters. The molecule has 0 aliphatic carbocycles. The molecule has 0 radical (unpaired) electrons. The van der Waals surface area contributed by atoms with Gasteiger partial charge in [0.2, 0.25) is 21.8 Å². The van der Waals surface area contributed by atoms with Crippen molar-refractivity contribution in [2.75, 3.05) is 19.0 Å². The molecule has 0 saturated heterocycles.